The summed E-state index contributed by atoms with van der Waals surface area (Å²) in [5.74, 6) is 0.703. The Morgan fingerprint density at radius 1 is 0.783 bits per heavy atom. The number of benzene rings is 4. The van der Waals surface area contributed by atoms with Gasteiger partial charge in [0.05, 0.1) is 0 Å². The van der Waals surface area contributed by atoms with Crippen LogP contribution in [0.4, 0.5) is 17.1 Å². The van der Waals surface area contributed by atoms with Crippen LogP contribution in [0.2, 0.25) is 0 Å². The zero-order valence-electron chi connectivity index (χ0n) is 26.4. The fraction of sp³-hybridized carbons (Fsp3) is 0.154. The maximum Gasteiger partial charge on any atom is 0.135 e. The molecule has 1 aliphatic heterocycles. The average Bonchev–Trinajstić information content (AvgIpc) is 3.55. The summed E-state index contributed by atoms with van der Waals surface area (Å²) in [5.41, 5.74) is 7.38. The molecular weight excluding hydrogens is 750 g/mol. The average molecular weight is 783 g/mol. The van der Waals surface area contributed by atoms with Crippen LogP contribution in [0.5, 0.6) is 5.75 Å². The molecule has 4 heterocycles. The van der Waals surface area contributed by atoms with Crippen molar-refractivity contribution in [2.24, 2.45) is 0 Å². The van der Waals surface area contributed by atoms with Gasteiger partial charge in [0.15, 0.2) is 0 Å². The molecule has 6 nitrogen and oxygen atoms in total. The van der Waals surface area contributed by atoms with E-state index >= 15 is 0 Å². The van der Waals surface area contributed by atoms with Gasteiger partial charge >= 0.3 is 0 Å². The van der Waals surface area contributed by atoms with E-state index in [4.69, 9.17) is 0 Å². The molecule has 0 bridgehead atoms. The topological polar surface area (TPSA) is 60.2 Å². The number of aryl methyl sites for hydroxylation is 1. The van der Waals surface area contributed by atoms with Crippen LogP contribution in [0.15, 0.2) is 103 Å². The van der Waals surface area contributed by atoms with Crippen molar-refractivity contribution in [1.82, 2.24) is 14.5 Å². The second-order valence-electron chi connectivity index (χ2n) is 12.4. The summed E-state index contributed by atoms with van der Waals surface area (Å²) >= 11 is 0. The summed E-state index contributed by atoms with van der Waals surface area (Å²) in [6, 6.07) is 36.8. The van der Waals surface area contributed by atoms with Crippen molar-refractivity contribution in [2.45, 2.75) is 33.1 Å². The molecule has 4 aromatic carbocycles. The van der Waals surface area contributed by atoms with Gasteiger partial charge in [0, 0.05) is 49.5 Å². The van der Waals surface area contributed by atoms with Crippen LogP contribution in [0, 0.1) is 25.7 Å². The molecule has 0 unspecified atom stereocenters. The van der Waals surface area contributed by atoms with Crippen molar-refractivity contribution >= 4 is 49.6 Å². The number of para-hydroxylation sites is 1. The predicted octanol–water partition coefficient (Wildman–Crippen LogP) is 8.40. The molecule has 7 heteroatoms. The van der Waals surface area contributed by atoms with E-state index in [1.54, 1.807) is 6.07 Å². The number of aromatic nitrogens is 3. The third kappa shape index (κ3) is 5.63. The van der Waals surface area contributed by atoms with Crippen molar-refractivity contribution in [1.29, 1.82) is 0 Å². The van der Waals surface area contributed by atoms with E-state index in [-0.39, 0.29) is 32.2 Å². The van der Waals surface area contributed by atoms with Gasteiger partial charge in [0.2, 0.25) is 0 Å². The van der Waals surface area contributed by atoms with Gasteiger partial charge in [-0.15, -0.1) is 5.39 Å². The van der Waals surface area contributed by atoms with Gasteiger partial charge in [-0.3, -0.25) is 0 Å². The summed E-state index contributed by atoms with van der Waals surface area (Å²) in [4.78, 5) is 13.1. The number of nitrogens with zero attached hydrogens (tertiary/aromatic N) is 5. The van der Waals surface area contributed by atoms with E-state index in [0.29, 0.717) is 0 Å². The first-order chi connectivity index (χ1) is 21.7. The molecule has 3 aromatic heterocycles. The van der Waals surface area contributed by atoms with Crippen LogP contribution in [-0.4, -0.2) is 21.6 Å². The zero-order valence-corrected chi connectivity index (χ0v) is 28.6. The minimum atomic E-state index is -0.112. The van der Waals surface area contributed by atoms with Gasteiger partial charge in [-0.1, -0.05) is 86.7 Å². The van der Waals surface area contributed by atoms with Crippen LogP contribution in [0.25, 0.3) is 38.4 Å². The molecule has 0 radical (unpaired) electrons. The Morgan fingerprint density at radius 3 is 2.30 bits per heavy atom. The van der Waals surface area contributed by atoms with Crippen LogP contribution < -0.4 is 14.9 Å². The Balaban J connectivity index is 0.000000159. The molecule has 0 saturated heterocycles. The van der Waals surface area contributed by atoms with Crippen LogP contribution >= 0.6 is 0 Å². The van der Waals surface area contributed by atoms with E-state index < -0.39 is 0 Å². The van der Waals surface area contributed by atoms with E-state index in [2.05, 4.69) is 121 Å². The number of rotatable bonds is 2. The molecule has 1 aliphatic rings. The number of pyridine rings is 2. The summed E-state index contributed by atoms with van der Waals surface area (Å²) in [7, 11) is 2.08. The minimum absolute atomic E-state index is 0. The van der Waals surface area contributed by atoms with E-state index in [0.717, 1.165) is 39.0 Å². The fourth-order valence-corrected chi connectivity index (χ4v) is 6.03. The van der Waals surface area contributed by atoms with Crippen molar-refractivity contribution in [3.8, 4) is 11.6 Å². The van der Waals surface area contributed by atoms with Gasteiger partial charge in [-0.25, -0.2) is 16.8 Å². The van der Waals surface area contributed by atoms with Crippen molar-refractivity contribution in [3.05, 3.63) is 133 Å². The van der Waals surface area contributed by atoms with Gasteiger partial charge in [0.1, 0.15) is 5.82 Å². The molecule has 7 aromatic rings. The van der Waals surface area contributed by atoms with Crippen molar-refractivity contribution in [3.63, 3.8) is 0 Å². The maximum absolute atomic E-state index is 11.9. The molecule has 0 spiro atoms. The molecule has 8 rings (SSSR count). The van der Waals surface area contributed by atoms with Crippen LogP contribution in [0.1, 0.15) is 32.0 Å². The largest absolute Gasteiger partial charge is 0.891 e. The van der Waals surface area contributed by atoms with Crippen LogP contribution in [0.3, 0.4) is 0 Å². The van der Waals surface area contributed by atoms with Crippen LogP contribution in [-0.2, 0) is 26.5 Å². The predicted molar refractivity (Wildman–Crippen MR) is 182 cm³/mol. The Bertz CT molecular complexity index is 2200. The smallest absolute Gasteiger partial charge is 0.135 e. The summed E-state index contributed by atoms with van der Waals surface area (Å²) in [6.07, 6.45) is 3.66. The van der Waals surface area contributed by atoms with Gasteiger partial charge in [0.25, 0.3) is 0 Å². The van der Waals surface area contributed by atoms with Crippen molar-refractivity contribution in [2.75, 3.05) is 16.8 Å². The fourth-order valence-electron chi connectivity index (χ4n) is 6.03. The van der Waals surface area contributed by atoms with Gasteiger partial charge < -0.3 is 24.5 Å². The van der Waals surface area contributed by atoms with Gasteiger partial charge in [-0.05, 0) is 60.0 Å². The summed E-state index contributed by atoms with van der Waals surface area (Å²) in [5, 5.41) is 16.5. The third-order valence-corrected chi connectivity index (χ3v) is 8.25. The molecule has 0 aliphatic carbocycles. The molecule has 0 fully saturated rings. The Hall–Kier alpha value is -4.67. The number of hydrogen-bond acceptors (Lipinski definition) is 5. The van der Waals surface area contributed by atoms with E-state index in [1.165, 1.54) is 27.7 Å². The minimum Gasteiger partial charge on any atom is -0.891 e. The molecule has 0 atom stereocenters. The first-order valence-corrected chi connectivity index (χ1v) is 15.0. The molecule has 234 valence electrons. The van der Waals surface area contributed by atoms with Crippen molar-refractivity contribution < 1.29 is 26.2 Å². The second-order valence-corrected chi connectivity index (χ2v) is 12.4. The monoisotopic (exact) mass is 782 g/mol. The maximum atomic E-state index is 11.9. The number of anilines is 3. The first-order valence-electron chi connectivity index (χ1n) is 15.0. The molecule has 0 amide bonds. The molecule has 0 saturated carbocycles. The summed E-state index contributed by atoms with van der Waals surface area (Å²) < 4.78 is 2.03. The van der Waals surface area contributed by atoms with E-state index in [9.17, 15) is 5.11 Å². The Kier molecular flexibility index (Phi) is 8.35. The van der Waals surface area contributed by atoms with E-state index in [1.807, 2.05) is 54.2 Å². The van der Waals surface area contributed by atoms with Gasteiger partial charge in [-0.2, -0.15) is 36.6 Å². The molecule has 46 heavy (non-hydrogen) atoms. The third-order valence-electron chi connectivity index (χ3n) is 8.25. The second kappa shape index (κ2) is 12.3. The first kappa shape index (κ1) is 31.3. The number of fused-ring (bicyclic) bond motifs is 6. The Morgan fingerprint density at radius 2 is 1.52 bits per heavy atom. The zero-order chi connectivity index (χ0) is 31.3. The Labute approximate surface area is 284 Å². The molecular formula is C39H33N5OPt-4. The standard InChI is InChI=1S/C21H19N2O.C18H15N3.Pt/c1-21(2,3)14-10-11-22-20(12-14)23-18-7-5-4-6-16(18)17-9-8-15(24)13-19(17)23;1-13-11-15(9-10-19-13)21-12-20(2)18-16-6-4-3-5-14(16)7-8-17(18)21;/h4-12,24H,1-3H3;3-10,12H,1-2H3;/q-1;-2;/p-1. The SMILES string of the molecule is CC(C)(C)c1ccnc(-n2c3[c-]c([O-])ccc3c3ccccc32)c1.Cc1[c-]c(N2[CH-]N(C)c3c2ccc2ccccc32)ccn1.[Pt]. The quantitative estimate of drug-likeness (QED) is 0.165. The number of hydrogen-bond donors (Lipinski definition) is 0. The normalized spacial score (nSPS) is 12.6. The molecule has 0 N–H and O–H groups in total. The summed E-state index contributed by atoms with van der Waals surface area (Å²) in [6.45, 7) is 10.6.